The van der Waals surface area contributed by atoms with Gasteiger partial charge in [-0.05, 0) is 0 Å². The molecule has 0 N–H and O–H groups in total. The van der Waals surface area contributed by atoms with Crippen LogP contribution in [0.15, 0.2) is 0 Å². The molecule has 0 aliphatic heterocycles. The molecule has 0 aromatic rings. The normalized spacial score (nSPS) is 13.4. The van der Waals surface area contributed by atoms with Gasteiger partial charge in [-0.25, -0.2) is 0 Å². The van der Waals surface area contributed by atoms with Crippen molar-refractivity contribution in [2.45, 2.75) is 24.7 Å². The summed E-state index contributed by atoms with van der Waals surface area (Å²) in [6, 6.07) is 0. The SMILES string of the molecule is O=C([O][Hf]([O]C(=O)C(F)(F)F)([O]C(=O)C(F)(F)F)[O]C(=O)C(F)(F)F)C(F)(F)F. The summed E-state index contributed by atoms with van der Waals surface area (Å²) in [7, 11) is 0. The van der Waals surface area contributed by atoms with E-state index in [9.17, 15) is 71.9 Å². The van der Waals surface area contributed by atoms with E-state index in [0.717, 1.165) is 0 Å². The second-order valence-corrected chi connectivity index (χ2v) is 10.6. The van der Waals surface area contributed by atoms with Crippen LogP contribution in [0.1, 0.15) is 0 Å². The quantitative estimate of drug-likeness (QED) is 0.344. The molecule has 0 amide bonds. The molecule has 0 aromatic heterocycles. The Labute approximate surface area is 154 Å². The molecule has 0 atom stereocenters. The van der Waals surface area contributed by atoms with E-state index < -0.39 is 70.3 Å². The van der Waals surface area contributed by atoms with E-state index in [-0.39, 0.29) is 0 Å². The predicted octanol–water partition coefficient (Wildman–Crippen LogP) is 2.22. The Kier molecular flexibility index (Phi) is 7.74. The summed E-state index contributed by atoms with van der Waals surface area (Å²) in [5.41, 5.74) is 0. The maximum absolute atomic E-state index is 12.2. The van der Waals surface area contributed by atoms with Crippen LogP contribution in [-0.2, 0) is 52.3 Å². The third kappa shape index (κ3) is 8.43. The van der Waals surface area contributed by atoms with Crippen LogP contribution in [0.3, 0.4) is 0 Å². The minimum absolute atomic E-state index is 2.83. The molecule has 0 saturated heterocycles. The second kappa shape index (κ2) is 8.34. The molecule has 0 saturated carbocycles. The van der Waals surface area contributed by atoms with Gasteiger partial charge in [0.2, 0.25) is 0 Å². The number of alkyl halides is 12. The Balaban J connectivity index is 6.42. The van der Waals surface area contributed by atoms with E-state index in [0.29, 0.717) is 0 Å². The van der Waals surface area contributed by atoms with E-state index in [1.165, 1.54) is 0 Å². The fourth-order valence-corrected chi connectivity index (χ4v) is 6.63. The average molecular weight is 631 g/mol. The third-order valence-corrected chi connectivity index (χ3v) is 8.05. The Morgan fingerprint density at radius 1 is 0.414 bits per heavy atom. The summed E-state index contributed by atoms with van der Waals surface area (Å²) in [5.74, 6) is -15.6. The molecular formula is C8F12HfO8. The number of carbonyl (C=O) groups excluding carboxylic acids is 4. The first-order chi connectivity index (χ1) is 12.5. The standard InChI is InChI=1S/4C2HF3O2.Hf/c4*3-2(4,5)1(6)7;/h4*(H,6,7);/q;;;;+4/p-4. The Morgan fingerprint density at radius 3 is 0.655 bits per heavy atom. The van der Waals surface area contributed by atoms with Crippen LogP contribution >= 0.6 is 0 Å². The van der Waals surface area contributed by atoms with Crippen LogP contribution in [0.25, 0.3) is 0 Å². The molecule has 0 aliphatic rings. The van der Waals surface area contributed by atoms with Crippen molar-refractivity contribution in [3.63, 3.8) is 0 Å². The van der Waals surface area contributed by atoms with Crippen molar-refractivity contribution in [1.82, 2.24) is 0 Å². The van der Waals surface area contributed by atoms with E-state index in [1.807, 2.05) is 0 Å². The molecule has 0 aliphatic carbocycles. The van der Waals surface area contributed by atoms with Gasteiger partial charge in [0.15, 0.2) is 0 Å². The zero-order valence-electron chi connectivity index (χ0n) is 12.3. The van der Waals surface area contributed by atoms with Gasteiger partial charge >= 0.3 is 154 Å². The van der Waals surface area contributed by atoms with Gasteiger partial charge in [-0.15, -0.1) is 0 Å². The molecule has 168 valence electrons. The van der Waals surface area contributed by atoms with E-state index in [2.05, 4.69) is 11.4 Å². The van der Waals surface area contributed by atoms with Gasteiger partial charge in [-0.2, -0.15) is 0 Å². The summed E-state index contributed by atoms with van der Waals surface area (Å²) in [6.45, 7) is 0. The zero-order chi connectivity index (χ0) is 23.6. The van der Waals surface area contributed by atoms with Crippen LogP contribution in [0.2, 0.25) is 0 Å². The Bertz CT molecular complexity index is 556. The Hall–Kier alpha value is -2.09. The molecule has 0 radical (unpaired) electrons. The number of halogens is 12. The molecule has 0 aromatic carbocycles. The molecule has 0 spiro atoms. The fraction of sp³-hybridized carbons (Fsp3) is 0.500. The first-order valence-corrected chi connectivity index (χ1v) is 11.6. The van der Waals surface area contributed by atoms with Gasteiger partial charge in [-0.1, -0.05) is 0 Å². The molecule has 8 nitrogen and oxygen atoms in total. The van der Waals surface area contributed by atoms with Gasteiger partial charge in [0.25, 0.3) is 0 Å². The minimum atomic E-state index is -8.91. The van der Waals surface area contributed by atoms with Crippen molar-refractivity contribution in [3.05, 3.63) is 0 Å². The van der Waals surface area contributed by atoms with Crippen molar-refractivity contribution in [2.75, 3.05) is 0 Å². The van der Waals surface area contributed by atoms with Crippen LogP contribution in [0.4, 0.5) is 52.7 Å². The molecular weight excluding hydrogens is 631 g/mol. The summed E-state index contributed by atoms with van der Waals surface area (Å²) in [4.78, 5) is 42.7. The molecule has 0 unspecified atom stereocenters. The van der Waals surface area contributed by atoms with Crippen LogP contribution < -0.4 is 0 Å². The van der Waals surface area contributed by atoms with Gasteiger partial charge in [0, 0.05) is 0 Å². The number of carbonyl (C=O) groups is 4. The number of rotatable bonds is 4. The fourth-order valence-electron chi connectivity index (χ4n) is 0.811. The van der Waals surface area contributed by atoms with E-state index >= 15 is 0 Å². The zero-order valence-corrected chi connectivity index (χ0v) is 15.9. The van der Waals surface area contributed by atoms with Crippen LogP contribution in [-0.4, -0.2) is 48.6 Å². The Morgan fingerprint density at radius 2 is 0.552 bits per heavy atom. The first kappa shape index (κ1) is 26.9. The molecule has 0 heterocycles. The number of hydrogen-bond acceptors (Lipinski definition) is 8. The van der Waals surface area contributed by atoms with E-state index in [1.54, 1.807) is 0 Å². The maximum atomic E-state index is 12.2. The van der Waals surface area contributed by atoms with Crippen molar-refractivity contribution in [3.8, 4) is 0 Å². The second-order valence-electron chi connectivity index (χ2n) is 4.05. The monoisotopic (exact) mass is 632 g/mol. The topological polar surface area (TPSA) is 105 Å². The average Bonchev–Trinajstić information content (AvgIpc) is 2.42. The molecule has 21 heteroatoms. The van der Waals surface area contributed by atoms with E-state index in [4.69, 9.17) is 0 Å². The van der Waals surface area contributed by atoms with Gasteiger partial charge in [-0.3, -0.25) is 0 Å². The van der Waals surface area contributed by atoms with Crippen molar-refractivity contribution >= 4 is 23.9 Å². The summed E-state index contributed by atoms with van der Waals surface area (Å²) >= 11 is -8.91. The van der Waals surface area contributed by atoms with Crippen molar-refractivity contribution in [2.24, 2.45) is 0 Å². The summed E-state index contributed by atoms with van der Waals surface area (Å²) < 4.78 is 157. The van der Waals surface area contributed by atoms with Gasteiger partial charge < -0.3 is 0 Å². The van der Waals surface area contributed by atoms with Crippen molar-refractivity contribution in [1.29, 1.82) is 0 Å². The van der Waals surface area contributed by atoms with Gasteiger partial charge in [0.1, 0.15) is 0 Å². The predicted molar refractivity (Wildman–Crippen MR) is 48.6 cm³/mol. The molecule has 0 fully saturated rings. The van der Waals surface area contributed by atoms with Gasteiger partial charge in [0.05, 0.1) is 0 Å². The first-order valence-electron chi connectivity index (χ1n) is 5.72. The van der Waals surface area contributed by atoms with Crippen molar-refractivity contribution < 1.29 is 105 Å². The van der Waals surface area contributed by atoms with Crippen LogP contribution in [0.5, 0.6) is 0 Å². The van der Waals surface area contributed by atoms with Crippen LogP contribution in [0, 0.1) is 0 Å². The third-order valence-electron chi connectivity index (χ3n) is 1.80. The summed E-state index contributed by atoms with van der Waals surface area (Å²) in [6.07, 6.45) is -25.4. The molecule has 0 rings (SSSR count). The molecule has 0 bridgehead atoms. The number of hydrogen-bond donors (Lipinski definition) is 0. The molecule has 29 heavy (non-hydrogen) atoms. The summed E-state index contributed by atoms with van der Waals surface area (Å²) in [5, 5.41) is 0.